The number of unbranched alkanes of at least 4 members (excludes halogenated alkanes) is 6. The van der Waals surface area contributed by atoms with Crippen LogP contribution in [-0.2, 0) is 41.8 Å². The van der Waals surface area contributed by atoms with Crippen LogP contribution in [0.1, 0.15) is 129 Å². The summed E-state index contributed by atoms with van der Waals surface area (Å²) in [5.41, 5.74) is 0. The monoisotopic (exact) mass is 1070 g/mol. The van der Waals surface area contributed by atoms with Crippen molar-refractivity contribution in [3.05, 3.63) is 122 Å². The van der Waals surface area contributed by atoms with Crippen molar-refractivity contribution in [2.75, 3.05) is 13.2 Å². The fourth-order valence-electron chi connectivity index (χ4n) is 6.74. The summed E-state index contributed by atoms with van der Waals surface area (Å²) in [6.07, 6.45) is 34.9. The molecule has 5 unspecified atom stereocenters. The largest absolute Gasteiger partial charge is 0.472 e. The highest BCUT2D eigenvalue weighted by molar-refractivity contribution is 7.47. The van der Waals surface area contributed by atoms with Crippen LogP contribution >= 0.6 is 15.6 Å². The van der Waals surface area contributed by atoms with E-state index in [1.807, 2.05) is 25.2 Å². The molecule has 0 aromatic heterocycles. The zero-order valence-electron chi connectivity index (χ0n) is 42.5. The average molecular weight is 1070 g/mol. The van der Waals surface area contributed by atoms with Gasteiger partial charge in [0.05, 0.1) is 18.8 Å². The molecule has 0 radical (unpaired) electrons. The van der Waals surface area contributed by atoms with Crippen LogP contribution in [0.2, 0.25) is 0 Å². The Kier molecular flexibility index (Phi) is 38.3. The quantitative estimate of drug-likeness (QED) is 0.00918. The van der Waals surface area contributed by atoms with Crippen molar-refractivity contribution in [3.63, 3.8) is 0 Å². The van der Waals surface area contributed by atoms with Crippen LogP contribution in [0.5, 0.6) is 0 Å². The minimum atomic E-state index is -5.40. The number of esters is 2. The number of hydrogen-bond acceptors (Lipinski definition) is 15. The molecule has 18 nitrogen and oxygen atoms in total. The lowest BCUT2D eigenvalue weighted by molar-refractivity contribution is -0.216. The SMILES string of the molecule is CC/C=C\C[C@H](O)/C=C/C=C\C=C\[C@H](O)C/C=C\C/C=C\CCC(=O)O[C@H](COC(=O)CCCCC/C=C\C/C=C\C/C=C\C/C=C\CCCCC)COP(=O)(O)O[C@H]1C(O)C(O)C(O)[C@@H](OP(=O)(O)O)C1O. The summed E-state index contributed by atoms with van der Waals surface area (Å²) in [6.45, 7) is 2.71. The van der Waals surface area contributed by atoms with E-state index in [-0.39, 0.29) is 19.3 Å². The Morgan fingerprint density at radius 2 is 1.01 bits per heavy atom. The van der Waals surface area contributed by atoms with E-state index >= 15 is 0 Å². The molecule has 1 aliphatic carbocycles. The molecule has 9 N–H and O–H groups in total. The number of hydrogen-bond donors (Lipinski definition) is 9. The van der Waals surface area contributed by atoms with Gasteiger partial charge in [-0.2, -0.15) is 0 Å². The Labute approximate surface area is 432 Å². The lowest BCUT2D eigenvalue weighted by Gasteiger charge is -2.43. The summed E-state index contributed by atoms with van der Waals surface area (Å²) in [6, 6.07) is 0. The molecule has 1 rings (SSSR count). The summed E-state index contributed by atoms with van der Waals surface area (Å²) in [5, 5.41) is 61.3. The molecular formula is C53H84O18P2. The zero-order chi connectivity index (χ0) is 54.2. The number of phosphoric ester groups is 2. The maximum Gasteiger partial charge on any atom is 0.472 e. The van der Waals surface area contributed by atoms with Crippen LogP contribution in [0.15, 0.2) is 122 Å². The lowest BCUT2D eigenvalue weighted by Crippen LogP contribution is -2.64. The Morgan fingerprint density at radius 3 is 1.55 bits per heavy atom. The summed E-state index contributed by atoms with van der Waals surface area (Å²) >= 11 is 0. The molecule has 10 atom stereocenters. The molecule has 0 heterocycles. The van der Waals surface area contributed by atoms with Gasteiger partial charge in [0.2, 0.25) is 0 Å². The molecule has 414 valence electrons. The highest BCUT2D eigenvalue weighted by Crippen LogP contribution is 2.49. The highest BCUT2D eigenvalue weighted by Gasteiger charge is 2.54. The second-order valence-electron chi connectivity index (χ2n) is 17.2. The maximum absolute atomic E-state index is 13.0. The number of ether oxygens (including phenoxy) is 2. The van der Waals surface area contributed by atoms with Crippen molar-refractivity contribution in [2.24, 2.45) is 0 Å². The summed E-state index contributed by atoms with van der Waals surface area (Å²) in [7, 11) is -10.8. The van der Waals surface area contributed by atoms with Gasteiger partial charge in [-0.15, -0.1) is 0 Å². The van der Waals surface area contributed by atoms with Crippen LogP contribution in [0.4, 0.5) is 0 Å². The number of carbonyl (C=O) groups is 2. The van der Waals surface area contributed by atoms with Gasteiger partial charge in [-0.1, -0.05) is 155 Å². The number of rotatable bonds is 40. The molecule has 0 amide bonds. The molecule has 0 spiro atoms. The van der Waals surface area contributed by atoms with Crippen molar-refractivity contribution < 1.29 is 87.1 Å². The Bertz CT molecular complexity index is 1900. The second-order valence-corrected chi connectivity index (χ2v) is 19.8. The molecule has 0 saturated heterocycles. The minimum absolute atomic E-state index is 0.0372. The topological polar surface area (TPSA) is 296 Å². The van der Waals surface area contributed by atoms with Gasteiger partial charge >= 0.3 is 27.6 Å². The summed E-state index contributed by atoms with van der Waals surface area (Å²) in [4.78, 5) is 54.4. The third kappa shape index (κ3) is 36.0. The van der Waals surface area contributed by atoms with E-state index in [9.17, 15) is 64.0 Å². The van der Waals surface area contributed by atoms with Crippen LogP contribution in [0, 0.1) is 0 Å². The van der Waals surface area contributed by atoms with E-state index in [0.717, 1.165) is 51.4 Å². The fraction of sp³-hybridized carbons (Fsp3) is 0.585. The number of carbonyl (C=O) groups excluding carboxylic acids is 2. The average Bonchev–Trinajstić information content (AvgIpc) is 3.34. The number of allylic oxidation sites excluding steroid dienone is 16. The highest BCUT2D eigenvalue weighted by atomic mass is 31.2. The molecule has 73 heavy (non-hydrogen) atoms. The van der Waals surface area contributed by atoms with Gasteiger partial charge in [-0.25, -0.2) is 9.13 Å². The minimum Gasteiger partial charge on any atom is -0.462 e. The Morgan fingerprint density at radius 1 is 0.521 bits per heavy atom. The van der Waals surface area contributed by atoms with Gasteiger partial charge in [0.25, 0.3) is 0 Å². The molecule has 0 aliphatic heterocycles. The second kappa shape index (κ2) is 41.6. The van der Waals surface area contributed by atoms with Crippen molar-refractivity contribution in [3.8, 4) is 0 Å². The van der Waals surface area contributed by atoms with Gasteiger partial charge in [0.1, 0.15) is 43.2 Å². The lowest BCUT2D eigenvalue weighted by atomic mass is 9.85. The molecule has 1 saturated carbocycles. The first-order chi connectivity index (χ1) is 34.9. The van der Waals surface area contributed by atoms with Crippen LogP contribution < -0.4 is 0 Å². The van der Waals surface area contributed by atoms with Crippen molar-refractivity contribution in [2.45, 2.75) is 184 Å². The standard InChI is InChI=1S/C53H84O18P2/c1-3-5-7-8-9-10-11-12-13-14-15-16-17-18-19-20-21-25-33-39-46(56)67-41-45(42-68-73(65,66)71-53-50(60)48(58)49(59)52(51(53)61)70-72(62,63)64)69-47(57)40-34-26-23-22-24-30-36-44(55)38-32-28-27-31-37-43(54)35-29-6-4-2/h6,9-10,12-13,15-16,18-19,23-24,26-32,37-38,43-45,48-55,58-61H,3-5,7-8,11,14,17,20-22,25,33-36,39-42H2,1-2H3,(H,65,66)(H2,62,63,64)/b10-9-,13-12-,16-15-,19-18-,26-23-,28-27-,29-6-,30-24-,37-31+,38-32+/t43-,44+,45+,48?,49?,50?,51?,52+,53-/m0/s1. The number of aliphatic hydroxyl groups is 6. The molecule has 1 aliphatic rings. The molecule has 1 fully saturated rings. The predicted molar refractivity (Wildman–Crippen MR) is 280 cm³/mol. The third-order valence-electron chi connectivity index (χ3n) is 10.7. The normalized spacial score (nSPS) is 22.5. The predicted octanol–water partition coefficient (Wildman–Crippen LogP) is 8.22. The first-order valence-electron chi connectivity index (χ1n) is 25.3. The Hall–Kier alpha value is -3.68. The molecule has 0 aromatic carbocycles. The zero-order valence-corrected chi connectivity index (χ0v) is 44.3. The van der Waals surface area contributed by atoms with E-state index in [1.54, 1.807) is 54.7 Å². The van der Waals surface area contributed by atoms with E-state index in [0.29, 0.717) is 25.7 Å². The van der Waals surface area contributed by atoms with Gasteiger partial charge in [0.15, 0.2) is 6.10 Å². The smallest absolute Gasteiger partial charge is 0.462 e. The third-order valence-corrected chi connectivity index (χ3v) is 12.2. The first kappa shape index (κ1) is 67.3. The summed E-state index contributed by atoms with van der Waals surface area (Å²) < 4.78 is 49.3. The first-order valence-corrected chi connectivity index (χ1v) is 28.3. The van der Waals surface area contributed by atoms with E-state index < -0.39 is 95.7 Å². The number of aliphatic hydroxyl groups excluding tert-OH is 6. The van der Waals surface area contributed by atoms with E-state index in [2.05, 4.69) is 60.1 Å². The van der Waals surface area contributed by atoms with Gasteiger partial charge in [-0.05, 0) is 83.5 Å². The molecular weight excluding hydrogens is 987 g/mol. The van der Waals surface area contributed by atoms with Crippen molar-refractivity contribution in [1.29, 1.82) is 0 Å². The Balaban J connectivity index is 2.69. The van der Waals surface area contributed by atoms with Gasteiger partial charge in [0, 0.05) is 12.8 Å². The molecule has 20 heteroatoms. The van der Waals surface area contributed by atoms with E-state index in [4.69, 9.17) is 18.5 Å². The number of phosphoric acid groups is 2. The fourth-order valence-corrected chi connectivity index (χ4v) is 8.28. The van der Waals surface area contributed by atoms with Crippen molar-refractivity contribution in [1.82, 2.24) is 0 Å². The van der Waals surface area contributed by atoms with E-state index in [1.165, 1.54) is 19.3 Å². The van der Waals surface area contributed by atoms with Gasteiger partial charge in [-0.3, -0.25) is 23.2 Å². The van der Waals surface area contributed by atoms with Crippen LogP contribution in [-0.4, -0.2) is 125 Å². The summed E-state index contributed by atoms with van der Waals surface area (Å²) in [5.74, 6) is -1.42. The van der Waals surface area contributed by atoms with Crippen molar-refractivity contribution >= 4 is 27.6 Å². The van der Waals surface area contributed by atoms with Crippen LogP contribution in [0.25, 0.3) is 0 Å². The molecule has 0 bridgehead atoms. The maximum atomic E-state index is 13.0. The van der Waals surface area contributed by atoms with Crippen LogP contribution in [0.3, 0.4) is 0 Å². The molecule has 0 aromatic rings. The van der Waals surface area contributed by atoms with Gasteiger partial charge < -0.3 is 54.8 Å².